The fourth-order valence-electron chi connectivity index (χ4n) is 1.42. The lowest BCUT2D eigenvalue weighted by Crippen LogP contribution is -2.30. The van der Waals surface area contributed by atoms with Gasteiger partial charge in [-0.3, -0.25) is 0 Å². The van der Waals surface area contributed by atoms with Crippen LogP contribution >= 0.6 is 11.8 Å². The quantitative estimate of drug-likeness (QED) is 0.913. The largest absolute Gasteiger partial charge is 0.415 e. The SMILES string of the molecule is O[C@@H](CSCc1nnnn1-c1ccccc1)C(F)(F)F. The summed E-state index contributed by atoms with van der Waals surface area (Å²) in [5.41, 5.74) is 0.726. The molecule has 1 aromatic heterocycles. The predicted octanol–water partition coefficient (Wildman–Crippen LogP) is 1.82. The first-order valence-corrected chi connectivity index (χ1v) is 6.79. The molecule has 1 atom stereocenters. The molecule has 108 valence electrons. The molecule has 5 nitrogen and oxygen atoms in total. The van der Waals surface area contributed by atoms with Crippen molar-refractivity contribution in [2.45, 2.75) is 18.0 Å². The van der Waals surface area contributed by atoms with Crippen LogP contribution in [0.5, 0.6) is 0 Å². The van der Waals surface area contributed by atoms with Crippen molar-refractivity contribution < 1.29 is 18.3 Å². The molecule has 2 aromatic rings. The second-order valence-corrected chi connectivity index (χ2v) is 4.95. The monoisotopic (exact) mass is 304 g/mol. The van der Waals surface area contributed by atoms with E-state index in [0.29, 0.717) is 5.82 Å². The Morgan fingerprint density at radius 1 is 1.25 bits per heavy atom. The van der Waals surface area contributed by atoms with E-state index in [1.165, 1.54) is 4.68 Å². The summed E-state index contributed by atoms with van der Waals surface area (Å²) in [7, 11) is 0. The molecule has 0 saturated carbocycles. The van der Waals surface area contributed by atoms with Gasteiger partial charge in [-0.05, 0) is 22.6 Å². The highest BCUT2D eigenvalue weighted by Crippen LogP contribution is 2.24. The Hall–Kier alpha value is -1.61. The molecule has 2 rings (SSSR count). The number of alkyl halides is 3. The van der Waals surface area contributed by atoms with Crippen LogP contribution in [-0.4, -0.2) is 43.3 Å². The zero-order valence-corrected chi connectivity index (χ0v) is 11.0. The van der Waals surface area contributed by atoms with E-state index in [1.807, 2.05) is 6.07 Å². The number of hydrogen-bond donors (Lipinski definition) is 1. The summed E-state index contributed by atoms with van der Waals surface area (Å²) >= 11 is 0.921. The van der Waals surface area contributed by atoms with Crippen molar-refractivity contribution in [1.82, 2.24) is 20.2 Å². The highest BCUT2D eigenvalue weighted by Gasteiger charge is 2.37. The zero-order valence-electron chi connectivity index (χ0n) is 10.2. The Bertz CT molecular complexity index is 546. The highest BCUT2D eigenvalue weighted by atomic mass is 32.2. The Morgan fingerprint density at radius 3 is 2.60 bits per heavy atom. The number of rotatable bonds is 5. The summed E-state index contributed by atoms with van der Waals surface area (Å²) in [5.74, 6) is 0.149. The molecule has 0 aliphatic rings. The summed E-state index contributed by atoms with van der Waals surface area (Å²) < 4.78 is 37.9. The fraction of sp³-hybridized carbons (Fsp3) is 0.364. The third-order valence-electron chi connectivity index (χ3n) is 2.42. The van der Waals surface area contributed by atoms with Crippen LogP contribution in [-0.2, 0) is 5.75 Å². The Kier molecular flexibility index (Phi) is 4.61. The molecule has 0 radical (unpaired) electrons. The van der Waals surface area contributed by atoms with Crippen LogP contribution in [0.15, 0.2) is 30.3 Å². The number of nitrogens with zero attached hydrogens (tertiary/aromatic N) is 4. The molecule has 0 fully saturated rings. The number of para-hydroxylation sites is 1. The predicted molar refractivity (Wildman–Crippen MR) is 67.4 cm³/mol. The minimum Gasteiger partial charge on any atom is -0.383 e. The van der Waals surface area contributed by atoms with Crippen molar-refractivity contribution in [3.63, 3.8) is 0 Å². The molecular weight excluding hydrogens is 293 g/mol. The highest BCUT2D eigenvalue weighted by molar-refractivity contribution is 7.98. The van der Waals surface area contributed by atoms with Crippen molar-refractivity contribution in [1.29, 1.82) is 0 Å². The maximum atomic E-state index is 12.2. The average molecular weight is 304 g/mol. The number of tetrazole rings is 1. The Labute approximate surface area is 116 Å². The topological polar surface area (TPSA) is 63.8 Å². The maximum absolute atomic E-state index is 12.2. The fourth-order valence-corrected chi connectivity index (χ4v) is 2.31. The molecule has 1 aromatic carbocycles. The average Bonchev–Trinajstić information content (AvgIpc) is 2.87. The molecule has 1 N–H and O–H groups in total. The Morgan fingerprint density at radius 2 is 1.95 bits per heavy atom. The van der Waals surface area contributed by atoms with Gasteiger partial charge in [0.2, 0.25) is 0 Å². The zero-order chi connectivity index (χ0) is 14.6. The van der Waals surface area contributed by atoms with Gasteiger partial charge < -0.3 is 5.11 Å². The van der Waals surface area contributed by atoms with Gasteiger partial charge in [-0.25, -0.2) is 0 Å². The molecule has 0 spiro atoms. The number of hydrogen-bond acceptors (Lipinski definition) is 5. The standard InChI is InChI=1S/C11H11F3N4OS/c12-11(13,14)9(19)6-20-7-10-15-16-17-18(10)8-4-2-1-3-5-8/h1-5,9,19H,6-7H2/t9-/m0/s1. The smallest absolute Gasteiger partial charge is 0.383 e. The number of aromatic nitrogens is 4. The van der Waals surface area contributed by atoms with Crippen molar-refractivity contribution in [2.75, 3.05) is 5.75 Å². The van der Waals surface area contributed by atoms with E-state index >= 15 is 0 Å². The lowest BCUT2D eigenvalue weighted by Gasteiger charge is -2.13. The van der Waals surface area contributed by atoms with Gasteiger partial charge in [-0.15, -0.1) is 5.10 Å². The third-order valence-corrected chi connectivity index (χ3v) is 3.43. The van der Waals surface area contributed by atoms with Gasteiger partial charge in [0.15, 0.2) is 11.9 Å². The van der Waals surface area contributed by atoms with Crippen molar-refractivity contribution >= 4 is 11.8 Å². The number of aliphatic hydroxyl groups is 1. The van der Waals surface area contributed by atoms with E-state index in [-0.39, 0.29) is 5.75 Å². The lowest BCUT2D eigenvalue weighted by atomic mass is 10.3. The third kappa shape index (κ3) is 3.70. The van der Waals surface area contributed by atoms with E-state index in [4.69, 9.17) is 5.11 Å². The van der Waals surface area contributed by atoms with E-state index in [2.05, 4.69) is 15.5 Å². The van der Waals surface area contributed by atoms with Gasteiger partial charge in [0.25, 0.3) is 0 Å². The molecule has 0 amide bonds. The van der Waals surface area contributed by atoms with E-state index in [0.717, 1.165) is 17.4 Å². The first-order valence-electron chi connectivity index (χ1n) is 5.63. The molecule has 0 saturated heterocycles. The molecular formula is C11H11F3N4OS. The van der Waals surface area contributed by atoms with Crippen molar-refractivity contribution in [3.05, 3.63) is 36.2 Å². The first kappa shape index (κ1) is 14.8. The minimum atomic E-state index is -4.60. The molecule has 0 aliphatic carbocycles. The molecule has 1 heterocycles. The molecule has 0 unspecified atom stereocenters. The van der Waals surface area contributed by atoms with Crippen LogP contribution < -0.4 is 0 Å². The maximum Gasteiger partial charge on any atom is 0.415 e. The molecule has 0 aliphatic heterocycles. The summed E-state index contributed by atoms with van der Waals surface area (Å²) in [6, 6.07) is 9.02. The molecule has 20 heavy (non-hydrogen) atoms. The van der Waals surface area contributed by atoms with Crippen LogP contribution in [0, 0.1) is 0 Å². The van der Waals surface area contributed by atoms with Crippen LogP contribution in [0.3, 0.4) is 0 Å². The number of benzene rings is 1. The van der Waals surface area contributed by atoms with Crippen LogP contribution in [0.2, 0.25) is 0 Å². The first-order chi connectivity index (χ1) is 9.48. The number of thioether (sulfide) groups is 1. The van der Waals surface area contributed by atoms with Gasteiger partial charge in [-0.1, -0.05) is 18.2 Å². The second kappa shape index (κ2) is 6.23. The van der Waals surface area contributed by atoms with E-state index in [9.17, 15) is 13.2 Å². The molecule has 9 heteroatoms. The number of aliphatic hydroxyl groups excluding tert-OH is 1. The summed E-state index contributed by atoms with van der Waals surface area (Å²) in [6.45, 7) is 0. The van der Waals surface area contributed by atoms with Crippen LogP contribution in [0.25, 0.3) is 5.69 Å². The normalized spacial score (nSPS) is 13.4. The van der Waals surface area contributed by atoms with Crippen molar-refractivity contribution in [2.24, 2.45) is 0 Å². The summed E-state index contributed by atoms with van der Waals surface area (Å²) in [6.07, 6.45) is -6.94. The van der Waals surface area contributed by atoms with Gasteiger partial charge in [0, 0.05) is 5.75 Å². The Balaban J connectivity index is 1.97. The summed E-state index contributed by atoms with van der Waals surface area (Å²) in [5, 5.41) is 20.0. The lowest BCUT2D eigenvalue weighted by molar-refractivity contribution is -0.195. The molecule has 0 bridgehead atoms. The minimum absolute atomic E-state index is 0.176. The second-order valence-electron chi connectivity index (χ2n) is 3.92. The summed E-state index contributed by atoms with van der Waals surface area (Å²) in [4.78, 5) is 0. The van der Waals surface area contributed by atoms with Gasteiger partial charge >= 0.3 is 6.18 Å². The van der Waals surface area contributed by atoms with Crippen LogP contribution in [0.1, 0.15) is 5.82 Å². The van der Waals surface area contributed by atoms with Gasteiger partial charge in [0.1, 0.15) is 0 Å². The van der Waals surface area contributed by atoms with Crippen molar-refractivity contribution in [3.8, 4) is 5.69 Å². The van der Waals surface area contributed by atoms with E-state index < -0.39 is 18.0 Å². The number of halogens is 3. The van der Waals surface area contributed by atoms with Gasteiger partial charge in [-0.2, -0.15) is 29.6 Å². The van der Waals surface area contributed by atoms with Crippen LogP contribution in [0.4, 0.5) is 13.2 Å². The van der Waals surface area contributed by atoms with E-state index in [1.54, 1.807) is 24.3 Å². The van der Waals surface area contributed by atoms with Gasteiger partial charge in [0.05, 0.1) is 11.4 Å².